The monoisotopic (exact) mass is 527 g/mol. The molecule has 0 radical (unpaired) electrons. The van der Waals surface area contributed by atoms with Gasteiger partial charge in [0.25, 0.3) is 15.9 Å². The lowest BCUT2D eigenvalue weighted by molar-refractivity contribution is -0.119. The van der Waals surface area contributed by atoms with E-state index in [0.717, 1.165) is 21.0 Å². The number of hydrogen-bond donors (Lipinski definition) is 1. The van der Waals surface area contributed by atoms with Crippen molar-refractivity contribution in [1.29, 1.82) is 0 Å². The first-order valence-corrected chi connectivity index (χ1v) is 13.7. The number of amides is 1. The van der Waals surface area contributed by atoms with E-state index in [2.05, 4.69) is 10.5 Å². The number of nitrogens with zero attached hydrogens (tertiary/aromatic N) is 2. The average Bonchev–Trinajstić information content (AvgIpc) is 2.96. The predicted molar refractivity (Wildman–Crippen MR) is 150 cm³/mol. The molecule has 4 aromatic carbocycles. The molecule has 0 spiro atoms. The van der Waals surface area contributed by atoms with Crippen LogP contribution in [-0.2, 0) is 27.8 Å². The van der Waals surface area contributed by atoms with Crippen molar-refractivity contribution < 1.29 is 17.9 Å². The summed E-state index contributed by atoms with van der Waals surface area (Å²) in [6.45, 7) is 1.99. The van der Waals surface area contributed by atoms with Crippen LogP contribution in [0.25, 0.3) is 0 Å². The highest BCUT2D eigenvalue weighted by Gasteiger charge is 2.28. The van der Waals surface area contributed by atoms with E-state index in [1.807, 2.05) is 73.7 Å². The minimum atomic E-state index is -3.98. The molecule has 7 nitrogen and oxygen atoms in total. The Kier molecular flexibility index (Phi) is 8.89. The van der Waals surface area contributed by atoms with Crippen molar-refractivity contribution in [3.05, 3.63) is 126 Å². The Morgan fingerprint density at radius 2 is 1.50 bits per heavy atom. The van der Waals surface area contributed by atoms with E-state index in [1.165, 1.54) is 18.3 Å². The smallest absolute Gasteiger partial charge is 0.264 e. The van der Waals surface area contributed by atoms with Gasteiger partial charge >= 0.3 is 0 Å². The van der Waals surface area contributed by atoms with E-state index in [1.54, 1.807) is 30.3 Å². The number of anilines is 1. The van der Waals surface area contributed by atoms with Crippen LogP contribution in [0.15, 0.2) is 119 Å². The molecule has 0 heterocycles. The first-order valence-electron chi connectivity index (χ1n) is 12.2. The lowest BCUT2D eigenvalue weighted by Gasteiger charge is -2.25. The summed E-state index contributed by atoms with van der Waals surface area (Å²) in [6, 6.07) is 32.4. The molecule has 0 aromatic heterocycles. The van der Waals surface area contributed by atoms with Gasteiger partial charge in [0.05, 0.1) is 16.8 Å². The van der Waals surface area contributed by atoms with Gasteiger partial charge in [0, 0.05) is 0 Å². The zero-order valence-corrected chi connectivity index (χ0v) is 21.8. The second kappa shape index (κ2) is 12.7. The number of para-hydroxylation sites is 1. The Bertz CT molecular complexity index is 1470. The van der Waals surface area contributed by atoms with Gasteiger partial charge in [-0.3, -0.25) is 9.10 Å². The average molecular weight is 528 g/mol. The summed E-state index contributed by atoms with van der Waals surface area (Å²) in [6.07, 6.45) is 2.11. The third-order valence-corrected chi connectivity index (χ3v) is 7.56. The fourth-order valence-electron chi connectivity index (χ4n) is 3.81. The fraction of sp³-hybridized carbons (Fsp3) is 0.133. The number of benzene rings is 4. The van der Waals surface area contributed by atoms with E-state index >= 15 is 0 Å². The van der Waals surface area contributed by atoms with E-state index in [9.17, 15) is 13.2 Å². The highest BCUT2D eigenvalue weighted by molar-refractivity contribution is 7.92. The Morgan fingerprint density at radius 1 is 0.868 bits per heavy atom. The van der Waals surface area contributed by atoms with Gasteiger partial charge in [-0.2, -0.15) is 5.10 Å². The number of aryl methyl sites for hydroxylation is 1. The zero-order chi connectivity index (χ0) is 26.8. The molecule has 8 heteroatoms. The Labute approximate surface area is 223 Å². The van der Waals surface area contributed by atoms with Crippen LogP contribution in [0.4, 0.5) is 5.69 Å². The first kappa shape index (κ1) is 26.6. The SMILES string of the molecule is CCc1ccccc1N(CC(=O)N/N=C\c1ccc(OCc2ccccc2)cc1)S(=O)(=O)c1ccccc1. The van der Waals surface area contributed by atoms with Crippen LogP contribution in [0.3, 0.4) is 0 Å². The molecule has 4 aromatic rings. The standard InChI is InChI=1S/C30H29N3O4S/c1-2-26-13-9-10-16-29(26)33(38(35,36)28-14-7-4-8-15-28)22-30(34)32-31-21-24-17-19-27(20-18-24)37-23-25-11-5-3-6-12-25/h3-21H,2,22-23H2,1H3,(H,32,34)/b31-21-. The van der Waals surface area contributed by atoms with Crippen molar-refractivity contribution in [2.45, 2.75) is 24.8 Å². The van der Waals surface area contributed by atoms with Gasteiger partial charge in [0.15, 0.2) is 0 Å². The second-order valence-corrected chi connectivity index (χ2v) is 10.3. The number of sulfonamides is 1. The molecule has 0 atom stereocenters. The summed E-state index contributed by atoms with van der Waals surface area (Å²) in [5.74, 6) is 0.154. The van der Waals surface area contributed by atoms with Crippen molar-refractivity contribution in [3.63, 3.8) is 0 Å². The molecule has 0 aliphatic rings. The molecular formula is C30H29N3O4S. The normalized spacial score (nSPS) is 11.3. The Balaban J connectivity index is 1.43. The summed E-state index contributed by atoms with van der Waals surface area (Å²) in [5.41, 5.74) is 5.55. The largest absolute Gasteiger partial charge is 0.489 e. The Morgan fingerprint density at radius 3 is 2.18 bits per heavy atom. The minimum absolute atomic E-state index is 0.108. The molecule has 0 saturated carbocycles. The molecule has 1 N–H and O–H groups in total. The fourth-order valence-corrected chi connectivity index (χ4v) is 5.29. The van der Waals surface area contributed by atoms with Crippen LogP contribution in [0, 0.1) is 0 Å². The minimum Gasteiger partial charge on any atom is -0.489 e. The molecule has 38 heavy (non-hydrogen) atoms. The molecule has 194 valence electrons. The third-order valence-electron chi connectivity index (χ3n) is 5.79. The van der Waals surface area contributed by atoms with Gasteiger partial charge in [0.1, 0.15) is 18.9 Å². The van der Waals surface area contributed by atoms with Crippen molar-refractivity contribution in [1.82, 2.24) is 5.43 Å². The highest BCUT2D eigenvalue weighted by atomic mass is 32.2. The lowest BCUT2D eigenvalue weighted by Crippen LogP contribution is -2.40. The summed E-state index contributed by atoms with van der Waals surface area (Å²) in [7, 11) is -3.98. The van der Waals surface area contributed by atoms with Crippen molar-refractivity contribution >= 4 is 27.8 Å². The van der Waals surface area contributed by atoms with E-state index in [4.69, 9.17) is 4.74 Å². The molecule has 0 bridgehead atoms. The van der Waals surface area contributed by atoms with Gasteiger partial charge < -0.3 is 4.74 Å². The summed E-state index contributed by atoms with van der Waals surface area (Å²) < 4.78 is 33.9. The van der Waals surface area contributed by atoms with Crippen molar-refractivity contribution in [2.75, 3.05) is 10.8 Å². The van der Waals surface area contributed by atoms with Gasteiger partial charge in [-0.25, -0.2) is 13.8 Å². The van der Waals surface area contributed by atoms with Gasteiger partial charge in [-0.15, -0.1) is 0 Å². The molecule has 0 aliphatic heterocycles. The number of hydrazone groups is 1. The molecule has 0 unspecified atom stereocenters. The van der Waals surface area contributed by atoms with Crippen LogP contribution in [-0.4, -0.2) is 27.1 Å². The summed E-state index contributed by atoms with van der Waals surface area (Å²) in [4.78, 5) is 12.9. The molecule has 0 saturated heterocycles. The van der Waals surface area contributed by atoms with Crippen LogP contribution in [0.2, 0.25) is 0 Å². The summed E-state index contributed by atoms with van der Waals surface area (Å²) in [5, 5.41) is 4.02. The Hall–Kier alpha value is -4.43. The number of nitrogens with one attached hydrogen (secondary N) is 1. The number of carbonyl (C=O) groups excluding carboxylic acids is 1. The van der Waals surface area contributed by atoms with Crippen LogP contribution < -0.4 is 14.5 Å². The predicted octanol–water partition coefficient (Wildman–Crippen LogP) is 5.17. The number of ether oxygens (including phenoxy) is 1. The molecular weight excluding hydrogens is 498 g/mol. The first-order chi connectivity index (χ1) is 18.5. The van der Waals surface area contributed by atoms with Gasteiger partial charge in [0.2, 0.25) is 0 Å². The van der Waals surface area contributed by atoms with E-state index < -0.39 is 22.5 Å². The van der Waals surface area contributed by atoms with Crippen molar-refractivity contribution in [3.8, 4) is 5.75 Å². The maximum atomic E-state index is 13.5. The van der Waals surface area contributed by atoms with E-state index in [-0.39, 0.29) is 4.90 Å². The molecule has 0 aliphatic carbocycles. The highest BCUT2D eigenvalue weighted by Crippen LogP contribution is 2.27. The number of hydrogen-bond acceptors (Lipinski definition) is 5. The van der Waals surface area contributed by atoms with Crippen LogP contribution in [0.5, 0.6) is 5.75 Å². The quantitative estimate of drug-likeness (QED) is 0.215. The number of carbonyl (C=O) groups is 1. The summed E-state index contributed by atoms with van der Waals surface area (Å²) >= 11 is 0. The van der Waals surface area contributed by atoms with Gasteiger partial charge in [-0.1, -0.05) is 73.7 Å². The molecule has 4 rings (SSSR count). The van der Waals surface area contributed by atoms with Crippen LogP contribution in [0.1, 0.15) is 23.6 Å². The zero-order valence-electron chi connectivity index (χ0n) is 21.0. The topological polar surface area (TPSA) is 88.1 Å². The maximum Gasteiger partial charge on any atom is 0.264 e. The van der Waals surface area contributed by atoms with E-state index in [0.29, 0.717) is 24.5 Å². The second-order valence-electron chi connectivity index (χ2n) is 8.44. The van der Waals surface area contributed by atoms with Crippen LogP contribution >= 0.6 is 0 Å². The lowest BCUT2D eigenvalue weighted by atomic mass is 10.1. The maximum absolute atomic E-state index is 13.5. The van der Waals surface area contributed by atoms with Crippen molar-refractivity contribution in [2.24, 2.45) is 5.10 Å². The molecule has 1 amide bonds. The molecule has 0 fully saturated rings. The number of rotatable bonds is 11. The third kappa shape index (κ3) is 6.86. The van der Waals surface area contributed by atoms with Gasteiger partial charge in [-0.05, 0) is 65.6 Å².